The van der Waals surface area contributed by atoms with Crippen LogP contribution in [0.2, 0.25) is 0 Å². The Morgan fingerprint density at radius 1 is 1.09 bits per heavy atom. The van der Waals surface area contributed by atoms with Crippen LogP contribution in [0.1, 0.15) is 71.3 Å². The Kier molecular flexibility index (Phi) is 7.98. The van der Waals surface area contributed by atoms with Gasteiger partial charge in [0.25, 0.3) is 0 Å². The van der Waals surface area contributed by atoms with E-state index in [1.54, 1.807) is 18.7 Å². The number of benzene rings is 1. The van der Waals surface area contributed by atoms with E-state index in [-0.39, 0.29) is 36.7 Å². The number of hydrogen-bond acceptors (Lipinski definition) is 4. The van der Waals surface area contributed by atoms with Gasteiger partial charge in [0.1, 0.15) is 5.54 Å². The summed E-state index contributed by atoms with van der Waals surface area (Å²) in [5.74, 6) is -0.755. The Hall–Kier alpha value is -1.93. The fraction of sp³-hybridized carbons (Fsp3) is 0.667. The number of para-hydroxylation sites is 1. The summed E-state index contributed by atoms with van der Waals surface area (Å²) in [5, 5.41) is 3.19. The van der Waals surface area contributed by atoms with Crippen molar-refractivity contribution in [2.75, 3.05) is 23.7 Å². The monoisotopic (exact) mass is 463 g/mol. The van der Waals surface area contributed by atoms with Crippen LogP contribution in [0.5, 0.6) is 0 Å². The molecule has 1 heterocycles. The number of amides is 2. The van der Waals surface area contributed by atoms with Crippen LogP contribution in [0, 0.1) is 0 Å². The smallest absolute Gasteiger partial charge is 0.247 e. The predicted octanol–water partition coefficient (Wildman–Crippen LogP) is 3.24. The molecule has 1 aliphatic heterocycles. The summed E-state index contributed by atoms with van der Waals surface area (Å²) >= 11 is 0. The molecule has 0 spiro atoms. The summed E-state index contributed by atoms with van der Waals surface area (Å²) in [6.07, 6.45) is 8.24. The van der Waals surface area contributed by atoms with Crippen molar-refractivity contribution in [2.24, 2.45) is 0 Å². The van der Waals surface area contributed by atoms with Crippen LogP contribution in [0.4, 0.5) is 5.69 Å². The van der Waals surface area contributed by atoms with Gasteiger partial charge in [-0.05, 0) is 44.7 Å². The topological polar surface area (TPSA) is 86.8 Å². The Bertz CT molecular complexity index is 925. The lowest BCUT2D eigenvalue weighted by Crippen LogP contribution is -2.71. The molecular weight excluding hydrogens is 426 g/mol. The number of sulfonamides is 1. The maximum Gasteiger partial charge on any atom is 0.247 e. The summed E-state index contributed by atoms with van der Waals surface area (Å²) in [6.45, 7) is 4.97. The zero-order valence-corrected chi connectivity index (χ0v) is 20.4. The van der Waals surface area contributed by atoms with Gasteiger partial charge in [0, 0.05) is 18.3 Å². The minimum absolute atomic E-state index is 0.0501. The minimum atomic E-state index is -3.62. The summed E-state index contributed by atoms with van der Waals surface area (Å²) in [4.78, 5) is 28.7. The van der Waals surface area contributed by atoms with Crippen LogP contribution in [0.25, 0.3) is 0 Å². The SMILES string of the molecule is CCc1ccccc1N1C(=O)CN(S(=O)(=O)CC)CC1(C)C(=O)NC1CCCCCCC1. The molecule has 178 valence electrons. The molecule has 2 amide bonds. The van der Waals surface area contributed by atoms with Crippen molar-refractivity contribution in [3.05, 3.63) is 29.8 Å². The average Bonchev–Trinajstić information content (AvgIpc) is 2.75. The largest absolute Gasteiger partial charge is 0.351 e. The van der Waals surface area contributed by atoms with E-state index in [0.717, 1.165) is 31.2 Å². The Morgan fingerprint density at radius 3 is 2.34 bits per heavy atom. The number of anilines is 1. The third kappa shape index (κ3) is 5.17. The molecule has 1 aromatic carbocycles. The number of aryl methyl sites for hydroxylation is 1. The van der Waals surface area contributed by atoms with E-state index in [9.17, 15) is 18.0 Å². The second-order valence-corrected chi connectivity index (χ2v) is 11.4. The first-order valence-corrected chi connectivity index (χ1v) is 13.5. The van der Waals surface area contributed by atoms with Gasteiger partial charge in [0.2, 0.25) is 21.8 Å². The third-order valence-corrected chi connectivity index (χ3v) is 8.61. The lowest BCUT2D eigenvalue weighted by atomic mass is 9.91. The van der Waals surface area contributed by atoms with E-state index < -0.39 is 15.6 Å². The molecule has 1 unspecified atom stereocenters. The van der Waals surface area contributed by atoms with Gasteiger partial charge in [-0.1, -0.05) is 57.2 Å². The van der Waals surface area contributed by atoms with Crippen molar-refractivity contribution in [2.45, 2.75) is 83.7 Å². The second kappa shape index (κ2) is 10.3. The molecule has 3 rings (SSSR count). The summed E-state index contributed by atoms with van der Waals surface area (Å²) in [5.41, 5.74) is 0.312. The second-order valence-electron chi connectivity index (χ2n) is 9.17. The molecule has 7 nitrogen and oxygen atoms in total. The van der Waals surface area contributed by atoms with Gasteiger partial charge < -0.3 is 5.32 Å². The quantitative estimate of drug-likeness (QED) is 0.702. The molecule has 2 fully saturated rings. The normalized spacial score (nSPS) is 24.1. The number of carbonyl (C=O) groups excluding carboxylic acids is 2. The molecule has 1 N–H and O–H groups in total. The zero-order chi connectivity index (χ0) is 23.4. The van der Waals surface area contributed by atoms with Crippen molar-refractivity contribution < 1.29 is 18.0 Å². The van der Waals surface area contributed by atoms with E-state index >= 15 is 0 Å². The molecule has 1 aliphatic carbocycles. The summed E-state index contributed by atoms with van der Waals surface area (Å²) < 4.78 is 26.5. The molecule has 0 bridgehead atoms. The van der Waals surface area contributed by atoms with Gasteiger partial charge in [-0.3, -0.25) is 14.5 Å². The minimum Gasteiger partial charge on any atom is -0.351 e. The molecule has 1 aromatic rings. The molecule has 1 atom stereocenters. The van der Waals surface area contributed by atoms with Crippen LogP contribution in [0.3, 0.4) is 0 Å². The van der Waals surface area contributed by atoms with Crippen LogP contribution >= 0.6 is 0 Å². The molecule has 1 saturated carbocycles. The molecular formula is C24H37N3O4S. The first-order chi connectivity index (χ1) is 15.2. The number of hydrogen-bond donors (Lipinski definition) is 1. The number of rotatable bonds is 6. The third-order valence-electron chi connectivity index (χ3n) is 6.84. The maximum atomic E-state index is 13.7. The van der Waals surface area contributed by atoms with Gasteiger partial charge >= 0.3 is 0 Å². The van der Waals surface area contributed by atoms with Gasteiger partial charge in [0.05, 0.1) is 12.3 Å². The number of nitrogens with zero attached hydrogens (tertiary/aromatic N) is 2. The van der Waals surface area contributed by atoms with Crippen molar-refractivity contribution in [3.63, 3.8) is 0 Å². The lowest BCUT2D eigenvalue weighted by Gasteiger charge is -2.47. The molecule has 0 radical (unpaired) electrons. The van der Waals surface area contributed by atoms with E-state index in [2.05, 4.69) is 5.32 Å². The van der Waals surface area contributed by atoms with E-state index in [1.807, 2.05) is 31.2 Å². The average molecular weight is 464 g/mol. The Labute approximate surface area is 192 Å². The Morgan fingerprint density at radius 2 is 1.72 bits per heavy atom. The fourth-order valence-electron chi connectivity index (χ4n) is 4.89. The molecule has 32 heavy (non-hydrogen) atoms. The van der Waals surface area contributed by atoms with Gasteiger partial charge in [-0.2, -0.15) is 4.31 Å². The number of nitrogens with one attached hydrogen (secondary N) is 1. The number of piperazine rings is 1. The molecule has 8 heteroatoms. The van der Waals surface area contributed by atoms with Crippen molar-refractivity contribution in [3.8, 4) is 0 Å². The zero-order valence-electron chi connectivity index (χ0n) is 19.6. The van der Waals surface area contributed by atoms with Gasteiger partial charge in [-0.25, -0.2) is 8.42 Å². The van der Waals surface area contributed by atoms with E-state index in [0.29, 0.717) is 12.1 Å². The van der Waals surface area contributed by atoms with Crippen molar-refractivity contribution in [1.82, 2.24) is 9.62 Å². The highest BCUT2D eigenvalue weighted by atomic mass is 32.2. The molecule has 1 saturated heterocycles. The van der Waals surface area contributed by atoms with Crippen LogP contribution in [0.15, 0.2) is 24.3 Å². The molecule has 2 aliphatic rings. The highest BCUT2D eigenvalue weighted by Crippen LogP contribution is 2.33. The van der Waals surface area contributed by atoms with Gasteiger partial charge in [0.15, 0.2) is 0 Å². The van der Waals surface area contributed by atoms with Crippen LogP contribution in [-0.2, 0) is 26.0 Å². The Balaban J connectivity index is 1.99. The first kappa shape index (κ1) is 24.7. The van der Waals surface area contributed by atoms with Crippen molar-refractivity contribution >= 4 is 27.5 Å². The summed E-state index contributed by atoms with van der Waals surface area (Å²) in [7, 11) is -3.62. The standard InChI is InChI=1S/C24H37N3O4S/c1-4-19-13-11-12-16-21(19)27-22(28)17-26(32(30,31)5-2)18-24(27,3)23(29)25-20-14-9-7-6-8-10-15-20/h11-13,16,20H,4-10,14-15,17-18H2,1-3H3,(H,25,29). The highest BCUT2D eigenvalue weighted by molar-refractivity contribution is 7.89. The predicted molar refractivity (Wildman–Crippen MR) is 127 cm³/mol. The summed E-state index contributed by atoms with van der Waals surface area (Å²) in [6, 6.07) is 7.62. The van der Waals surface area contributed by atoms with Crippen molar-refractivity contribution in [1.29, 1.82) is 0 Å². The van der Waals surface area contributed by atoms with E-state index in [4.69, 9.17) is 0 Å². The van der Waals surface area contributed by atoms with E-state index in [1.165, 1.54) is 23.6 Å². The maximum absolute atomic E-state index is 13.7. The lowest BCUT2D eigenvalue weighted by molar-refractivity contribution is -0.133. The highest BCUT2D eigenvalue weighted by Gasteiger charge is 2.51. The van der Waals surface area contributed by atoms with Gasteiger partial charge in [-0.15, -0.1) is 0 Å². The number of carbonyl (C=O) groups is 2. The van der Waals surface area contributed by atoms with Crippen LogP contribution < -0.4 is 10.2 Å². The fourth-order valence-corrected chi connectivity index (χ4v) is 6.01. The van der Waals surface area contributed by atoms with Crippen LogP contribution in [-0.4, -0.2) is 55.0 Å². The molecule has 0 aromatic heterocycles. The first-order valence-electron chi connectivity index (χ1n) is 11.9.